The highest BCUT2D eigenvalue weighted by atomic mass is 35.5. The molecule has 3 rings (SSSR count). The molecule has 2 atom stereocenters. The lowest BCUT2D eigenvalue weighted by molar-refractivity contribution is -0.137. The van der Waals surface area contributed by atoms with Crippen molar-refractivity contribution in [1.29, 1.82) is 0 Å². The van der Waals surface area contributed by atoms with E-state index in [-0.39, 0.29) is 24.2 Å². The summed E-state index contributed by atoms with van der Waals surface area (Å²) < 4.78 is 0. The molecule has 0 radical (unpaired) electrons. The molecule has 0 aliphatic carbocycles. The maximum atomic E-state index is 12.1. The minimum absolute atomic E-state index is 0. The minimum Gasteiger partial charge on any atom is -0.340 e. The number of likely N-dealkylation sites (tertiary alicyclic amines) is 2. The van der Waals surface area contributed by atoms with Crippen molar-refractivity contribution in [2.45, 2.75) is 12.8 Å². The van der Waals surface area contributed by atoms with E-state index >= 15 is 0 Å². The molecule has 3 aliphatic rings. The number of rotatable bonds is 2. The number of amides is 2. The fraction of sp³-hybridized carbons (Fsp3) is 0.833. The summed E-state index contributed by atoms with van der Waals surface area (Å²) in [5.41, 5.74) is 0. The molecule has 0 bridgehead atoms. The Hall–Kier alpha value is -0.810. The summed E-state index contributed by atoms with van der Waals surface area (Å²) in [6.45, 7) is 4.88. The van der Waals surface area contributed by atoms with Crippen LogP contribution in [0.1, 0.15) is 12.8 Å². The standard InChI is InChI=1S/C12H19N3O2.ClH/c16-11-2-1-3-14(11)8-12(17)15-6-9-4-13-5-10(9)7-15;/h9-10,13H,1-8H2;1H/t9-,10+;. The smallest absolute Gasteiger partial charge is 0.242 e. The predicted molar refractivity (Wildman–Crippen MR) is 69.5 cm³/mol. The third-order valence-corrected chi connectivity index (χ3v) is 4.24. The Morgan fingerprint density at radius 1 is 1.28 bits per heavy atom. The van der Waals surface area contributed by atoms with Gasteiger partial charge in [0.2, 0.25) is 11.8 Å². The van der Waals surface area contributed by atoms with E-state index in [0.717, 1.165) is 39.1 Å². The summed E-state index contributed by atoms with van der Waals surface area (Å²) in [6, 6.07) is 0. The largest absolute Gasteiger partial charge is 0.340 e. The second kappa shape index (κ2) is 5.45. The molecule has 3 heterocycles. The van der Waals surface area contributed by atoms with Gasteiger partial charge in [0.15, 0.2) is 0 Å². The molecule has 1 N–H and O–H groups in total. The molecule has 0 unspecified atom stereocenters. The number of nitrogens with zero attached hydrogens (tertiary/aromatic N) is 2. The Morgan fingerprint density at radius 3 is 2.50 bits per heavy atom. The van der Waals surface area contributed by atoms with Gasteiger partial charge in [0, 0.05) is 39.1 Å². The maximum absolute atomic E-state index is 12.1. The lowest BCUT2D eigenvalue weighted by Crippen LogP contribution is -2.40. The van der Waals surface area contributed by atoms with E-state index in [2.05, 4.69) is 5.32 Å². The zero-order valence-corrected chi connectivity index (χ0v) is 11.2. The van der Waals surface area contributed by atoms with E-state index in [0.29, 0.717) is 24.8 Å². The molecule has 18 heavy (non-hydrogen) atoms. The van der Waals surface area contributed by atoms with Crippen molar-refractivity contribution in [1.82, 2.24) is 15.1 Å². The summed E-state index contributed by atoms with van der Waals surface area (Å²) in [5.74, 6) is 1.54. The van der Waals surface area contributed by atoms with Crippen LogP contribution < -0.4 is 5.32 Å². The monoisotopic (exact) mass is 273 g/mol. The Balaban J connectivity index is 0.00000120. The van der Waals surface area contributed by atoms with Crippen molar-refractivity contribution in [3.05, 3.63) is 0 Å². The quantitative estimate of drug-likeness (QED) is 0.752. The number of hydrogen-bond acceptors (Lipinski definition) is 3. The highest BCUT2D eigenvalue weighted by Crippen LogP contribution is 2.26. The second-order valence-electron chi connectivity index (χ2n) is 5.40. The van der Waals surface area contributed by atoms with Gasteiger partial charge >= 0.3 is 0 Å². The molecule has 102 valence electrons. The van der Waals surface area contributed by atoms with E-state index in [4.69, 9.17) is 0 Å². The highest BCUT2D eigenvalue weighted by Gasteiger charge is 2.38. The van der Waals surface area contributed by atoms with E-state index in [9.17, 15) is 9.59 Å². The molecule has 3 fully saturated rings. The molecular weight excluding hydrogens is 254 g/mol. The summed E-state index contributed by atoms with van der Waals surface area (Å²) in [4.78, 5) is 27.2. The Morgan fingerprint density at radius 2 is 1.94 bits per heavy atom. The zero-order chi connectivity index (χ0) is 11.8. The van der Waals surface area contributed by atoms with Gasteiger partial charge in [-0.15, -0.1) is 12.4 Å². The van der Waals surface area contributed by atoms with Gasteiger partial charge in [0.1, 0.15) is 0 Å². The van der Waals surface area contributed by atoms with E-state index in [1.54, 1.807) is 4.90 Å². The van der Waals surface area contributed by atoms with E-state index in [1.165, 1.54) is 0 Å². The number of halogens is 1. The van der Waals surface area contributed by atoms with Gasteiger partial charge < -0.3 is 15.1 Å². The minimum atomic E-state index is 0. The van der Waals surface area contributed by atoms with Crippen molar-refractivity contribution < 1.29 is 9.59 Å². The number of fused-ring (bicyclic) bond motifs is 1. The van der Waals surface area contributed by atoms with Crippen molar-refractivity contribution in [3.8, 4) is 0 Å². The lowest BCUT2D eigenvalue weighted by atomic mass is 10.0. The van der Waals surface area contributed by atoms with E-state index in [1.807, 2.05) is 4.90 Å². The predicted octanol–water partition coefficient (Wildman–Crippen LogP) is -0.292. The third-order valence-electron chi connectivity index (χ3n) is 4.24. The number of hydrogen-bond donors (Lipinski definition) is 1. The fourth-order valence-corrected chi connectivity index (χ4v) is 3.19. The van der Waals surface area contributed by atoms with Crippen LogP contribution in [-0.2, 0) is 9.59 Å². The van der Waals surface area contributed by atoms with Gasteiger partial charge in [-0.05, 0) is 18.3 Å². The Labute approximate surface area is 113 Å². The summed E-state index contributed by atoms with van der Waals surface area (Å²) in [7, 11) is 0. The molecule has 3 aliphatic heterocycles. The van der Waals surface area contributed by atoms with Gasteiger partial charge in [0.25, 0.3) is 0 Å². The molecule has 3 saturated heterocycles. The van der Waals surface area contributed by atoms with Crippen LogP contribution in [-0.4, -0.2) is 60.9 Å². The third kappa shape index (κ3) is 2.47. The first-order valence-electron chi connectivity index (χ1n) is 6.50. The molecule has 6 heteroatoms. The Bertz CT molecular complexity index is 338. The van der Waals surface area contributed by atoms with Crippen LogP contribution in [0.4, 0.5) is 0 Å². The van der Waals surface area contributed by atoms with Crippen molar-refractivity contribution in [2.24, 2.45) is 11.8 Å². The van der Waals surface area contributed by atoms with Gasteiger partial charge in [0.05, 0.1) is 6.54 Å². The van der Waals surface area contributed by atoms with Crippen LogP contribution in [0.25, 0.3) is 0 Å². The molecule has 0 aromatic heterocycles. The van der Waals surface area contributed by atoms with Crippen molar-refractivity contribution in [3.63, 3.8) is 0 Å². The van der Waals surface area contributed by atoms with Crippen LogP contribution in [0.2, 0.25) is 0 Å². The molecule has 0 saturated carbocycles. The molecule has 0 spiro atoms. The summed E-state index contributed by atoms with van der Waals surface area (Å²) in [5, 5.41) is 3.36. The summed E-state index contributed by atoms with van der Waals surface area (Å²) >= 11 is 0. The molecule has 5 nitrogen and oxygen atoms in total. The van der Waals surface area contributed by atoms with Crippen LogP contribution >= 0.6 is 12.4 Å². The molecule has 0 aromatic carbocycles. The molecular formula is C12H20ClN3O2. The topological polar surface area (TPSA) is 52.7 Å². The van der Waals surface area contributed by atoms with Gasteiger partial charge in [-0.2, -0.15) is 0 Å². The summed E-state index contributed by atoms with van der Waals surface area (Å²) in [6.07, 6.45) is 1.52. The average Bonchev–Trinajstić information content (AvgIpc) is 2.93. The lowest BCUT2D eigenvalue weighted by Gasteiger charge is -2.21. The fourth-order valence-electron chi connectivity index (χ4n) is 3.19. The average molecular weight is 274 g/mol. The Kier molecular flexibility index (Phi) is 4.12. The molecule has 0 aromatic rings. The normalized spacial score (nSPS) is 30.6. The van der Waals surface area contributed by atoms with Crippen LogP contribution in [0, 0.1) is 11.8 Å². The van der Waals surface area contributed by atoms with E-state index < -0.39 is 0 Å². The van der Waals surface area contributed by atoms with Crippen LogP contribution in [0.5, 0.6) is 0 Å². The number of nitrogens with one attached hydrogen (secondary N) is 1. The maximum Gasteiger partial charge on any atom is 0.242 e. The van der Waals surface area contributed by atoms with Gasteiger partial charge in [-0.3, -0.25) is 9.59 Å². The van der Waals surface area contributed by atoms with Gasteiger partial charge in [-0.25, -0.2) is 0 Å². The van der Waals surface area contributed by atoms with Crippen molar-refractivity contribution in [2.75, 3.05) is 39.3 Å². The SMILES string of the molecule is Cl.O=C1CCCN1CC(=O)N1C[C@H]2CNC[C@H]2C1. The first-order valence-corrected chi connectivity index (χ1v) is 6.50. The van der Waals surface area contributed by atoms with Crippen LogP contribution in [0.3, 0.4) is 0 Å². The second-order valence-corrected chi connectivity index (χ2v) is 5.40. The zero-order valence-electron chi connectivity index (χ0n) is 10.4. The van der Waals surface area contributed by atoms with Crippen molar-refractivity contribution >= 4 is 24.2 Å². The number of carbonyl (C=O) groups is 2. The van der Waals surface area contributed by atoms with Gasteiger partial charge in [-0.1, -0.05) is 0 Å². The highest BCUT2D eigenvalue weighted by molar-refractivity contribution is 5.86. The number of carbonyl (C=O) groups excluding carboxylic acids is 2. The first-order chi connectivity index (χ1) is 8.24. The van der Waals surface area contributed by atoms with Crippen LogP contribution in [0.15, 0.2) is 0 Å². The molecule has 2 amide bonds. The first kappa shape index (κ1) is 13.6.